The van der Waals surface area contributed by atoms with Crippen LogP contribution in [-0.4, -0.2) is 0 Å². The number of para-hydroxylation sites is 2. The second kappa shape index (κ2) is 2.95. The molecule has 0 radical (unpaired) electrons. The molecule has 0 aliphatic heterocycles. The largest absolute Gasteiger partial charge is 0.456 e. The molecule has 0 N–H and O–H groups in total. The zero-order valence-electron chi connectivity index (χ0n) is 8.86. The molecule has 1 aromatic heterocycles. The molecule has 0 aliphatic carbocycles. The molecule has 2 heteroatoms. The lowest BCUT2D eigenvalue weighted by Gasteiger charge is -1.99. The van der Waals surface area contributed by atoms with E-state index in [0.717, 1.165) is 0 Å². The molecule has 0 amide bonds. The third-order valence-electron chi connectivity index (χ3n) is 2.42. The van der Waals surface area contributed by atoms with Gasteiger partial charge in [-0.2, -0.15) is 0 Å². The number of hydrogen-bond donors (Lipinski definition) is 0. The van der Waals surface area contributed by atoms with Gasteiger partial charge in [-0.3, -0.25) is 4.79 Å². The monoisotopic (exact) mass is 198 g/mol. The van der Waals surface area contributed by atoms with Crippen molar-refractivity contribution in [2.45, 2.75) is 0 Å². The summed E-state index contributed by atoms with van der Waals surface area (Å²) in [6, 6.07) is 12.3. The molecule has 15 heavy (non-hydrogen) atoms. The first kappa shape index (κ1) is 7.23. The minimum Gasteiger partial charge on any atom is -0.456 e. The van der Waals surface area contributed by atoms with E-state index >= 15 is 0 Å². The smallest absolute Gasteiger partial charge is 0.200 e. The van der Waals surface area contributed by atoms with Crippen molar-refractivity contribution in [1.29, 1.82) is 0 Å². The number of benzene rings is 2. The van der Waals surface area contributed by atoms with Gasteiger partial charge in [-0.05, 0) is 24.3 Å². The Morgan fingerprint density at radius 3 is 2.47 bits per heavy atom. The van der Waals surface area contributed by atoms with E-state index in [1.54, 1.807) is 30.3 Å². The molecular formula is C13H8O2. The van der Waals surface area contributed by atoms with Crippen LogP contribution in [0.4, 0.5) is 0 Å². The highest BCUT2D eigenvalue weighted by atomic mass is 16.3. The van der Waals surface area contributed by atoms with Crippen molar-refractivity contribution in [3.8, 4) is 0 Å². The predicted molar refractivity (Wildman–Crippen MR) is 60.0 cm³/mol. The summed E-state index contributed by atoms with van der Waals surface area (Å²) in [5.41, 5.74) is 1.03. The van der Waals surface area contributed by atoms with Crippen molar-refractivity contribution in [3.05, 3.63) is 58.7 Å². The summed E-state index contributed by atoms with van der Waals surface area (Å²) in [6.45, 7) is 0. The number of fused-ring (bicyclic) bond motifs is 2. The Labute approximate surface area is 87.2 Å². The molecule has 0 atom stereocenters. The minimum atomic E-state index is -0.0778. The van der Waals surface area contributed by atoms with Crippen molar-refractivity contribution in [2.24, 2.45) is 0 Å². The van der Waals surface area contributed by atoms with Gasteiger partial charge in [-0.15, -0.1) is 0 Å². The fourth-order valence-corrected chi connectivity index (χ4v) is 1.69. The van der Waals surface area contributed by atoms with Gasteiger partial charge in [0, 0.05) is 0 Å². The minimum absolute atomic E-state index is 0.0778. The highest BCUT2D eigenvalue weighted by Crippen LogP contribution is 2.17. The Bertz CT molecular complexity index is 744. The zero-order valence-corrected chi connectivity index (χ0v) is 7.86. The van der Waals surface area contributed by atoms with Crippen LogP contribution in [-0.2, 0) is 0 Å². The van der Waals surface area contributed by atoms with Crippen LogP contribution >= 0.6 is 0 Å². The topological polar surface area (TPSA) is 30.2 Å². The molecule has 3 aromatic rings. The third kappa shape index (κ3) is 1.15. The highest BCUT2D eigenvalue weighted by molar-refractivity contribution is 5.89. The molecule has 0 saturated carbocycles. The molecule has 0 unspecified atom stereocenters. The van der Waals surface area contributed by atoms with Gasteiger partial charge in [0.15, 0.2) is 0 Å². The molecule has 0 bridgehead atoms. The number of rotatable bonds is 0. The lowest BCUT2D eigenvalue weighted by molar-refractivity contribution is 0.660. The van der Waals surface area contributed by atoms with Gasteiger partial charge in [0.1, 0.15) is 11.2 Å². The zero-order chi connectivity index (χ0) is 11.1. The Hall–Kier alpha value is -2.09. The van der Waals surface area contributed by atoms with Gasteiger partial charge in [0.2, 0.25) is 5.43 Å². The van der Waals surface area contributed by atoms with Gasteiger partial charge < -0.3 is 4.42 Å². The van der Waals surface area contributed by atoms with Crippen LogP contribution in [0.3, 0.4) is 0 Å². The van der Waals surface area contributed by atoms with Crippen molar-refractivity contribution in [1.82, 2.24) is 0 Å². The van der Waals surface area contributed by atoms with E-state index in [4.69, 9.17) is 5.79 Å². The first-order chi connectivity index (χ1) is 7.75. The van der Waals surface area contributed by atoms with Gasteiger partial charge in [0.05, 0.1) is 12.1 Å². The second-order valence-electron chi connectivity index (χ2n) is 3.35. The average Bonchev–Trinajstić information content (AvgIpc) is 2.31. The van der Waals surface area contributed by atoms with Gasteiger partial charge in [0.25, 0.3) is 0 Å². The molecule has 3 rings (SSSR count). The van der Waals surface area contributed by atoms with Crippen LogP contribution in [0.2, 0.25) is 0 Å². The maximum absolute atomic E-state index is 12.1. The van der Waals surface area contributed by atoms with Crippen LogP contribution < -0.4 is 5.43 Å². The van der Waals surface area contributed by atoms with Crippen molar-refractivity contribution >= 4 is 21.9 Å². The summed E-state index contributed by atoms with van der Waals surface area (Å²) in [6.07, 6.45) is 0. The molecule has 2 nitrogen and oxygen atoms in total. The van der Waals surface area contributed by atoms with E-state index in [-0.39, 0.29) is 5.43 Å². The maximum atomic E-state index is 12.1. The Balaban J connectivity index is 2.61. The molecule has 0 fully saturated rings. The highest BCUT2D eigenvalue weighted by Gasteiger charge is 2.04. The second-order valence-corrected chi connectivity index (χ2v) is 3.35. The normalized spacial score (nSPS) is 11.9. The van der Waals surface area contributed by atoms with E-state index in [2.05, 4.69) is 0 Å². The van der Waals surface area contributed by atoms with Gasteiger partial charge in [-0.1, -0.05) is 24.2 Å². The first-order valence-electron chi connectivity index (χ1n) is 5.18. The van der Waals surface area contributed by atoms with E-state index < -0.39 is 0 Å². The number of hydrogen-bond acceptors (Lipinski definition) is 2. The summed E-state index contributed by atoms with van der Waals surface area (Å²) >= 11 is 0. The van der Waals surface area contributed by atoms with E-state index in [1.165, 1.54) is 6.07 Å². The molecule has 72 valence electrons. The lowest BCUT2D eigenvalue weighted by atomic mass is 10.1. The average molecular weight is 198 g/mol. The summed E-state index contributed by atoms with van der Waals surface area (Å²) in [7, 11) is 0. The van der Waals surface area contributed by atoms with Crippen LogP contribution in [0.1, 0.15) is 1.37 Å². The third-order valence-corrected chi connectivity index (χ3v) is 2.42. The van der Waals surface area contributed by atoms with E-state index in [1.807, 2.05) is 6.07 Å². The van der Waals surface area contributed by atoms with Crippen LogP contribution in [0.15, 0.2) is 57.7 Å². The molecular weight excluding hydrogens is 188 g/mol. The van der Waals surface area contributed by atoms with Crippen LogP contribution in [0.5, 0.6) is 0 Å². The Kier molecular flexibility index (Phi) is 1.42. The van der Waals surface area contributed by atoms with E-state index in [0.29, 0.717) is 28.0 Å². The maximum Gasteiger partial charge on any atom is 0.200 e. The van der Waals surface area contributed by atoms with E-state index in [9.17, 15) is 4.79 Å². The fourth-order valence-electron chi connectivity index (χ4n) is 1.69. The molecule has 0 saturated heterocycles. The quantitative estimate of drug-likeness (QED) is 0.520. The van der Waals surface area contributed by atoms with Crippen LogP contribution in [0, 0.1) is 0 Å². The first-order valence-corrected chi connectivity index (χ1v) is 4.68. The van der Waals surface area contributed by atoms with Crippen molar-refractivity contribution < 1.29 is 5.79 Å². The fraction of sp³-hybridized carbons (Fsp3) is 0. The Morgan fingerprint density at radius 1 is 0.933 bits per heavy atom. The van der Waals surface area contributed by atoms with Crippen LogP contribution in [0.25, 0.3) is 21.9 Å². The predicted octanol–water partition coefficient (Wildman–Crippen LogP) is 2.95. The molecule has 1 heterocycles. The summed E-state index contributed by atoms with van der Waals surface area (Å²) in [5, 5.41) is 1.02. The van der Waals surface area contributed by atoms with Crippen molar-refractivity contribution in [3.63, 3.8) is 0 Å². The SMILES string of the molecule is [3H]c1ccc2oc3ccccc3c(=O)c2c1. The Morgan fingerprint density at radius 2 is 1.60 bits per heavy atom. The molecule has 2 aromatic carbocycles. The lowest BCUT2D eigenvalue weighted by Crippen LogP contribution is -2.01. The summed E-state index contributed by atoms with van der Waals surface area (Å²) in [4.78, 5) is 12.1. The van der Waals surface area contributed by atoms with Gasteiger partial charge >= 0.3 is 0 Å². The summed E-state index contributed by atoms with van der Waals surface area (Å²) in [5.74, 6) is 0. The molecule has 0 spiro atoms. The standard InChI is InChI=1S/C13H8O2/c14-13-9-5-1-3-7-11(9)15-12-8-4-2-6-10(12)13/h1-8H/i1T. The molecule has 0 aliphatic rings. The van der Waals surface area contributed by atoms with Gasteiger partial charge in [-0.25, -0.2) is 0 Å². The summed E-state index contributed by atoms with van der Waals surface area (Å²) < 4.78 is 13.1. The van der Waals surface area contributed by atoms with Crippen molar-refractivity contribution in [2.75, 3.05) is 0 Å².